The van der Waals surface area contributed by atoms with Crippen molar-refractivity contribution in [1.29, 1.82) is 0 Å². The van der Waals surface area contributed by atoms with Crippen LogP contribution in [0.3, 0.4) is 0 Å². The molecule has 154 valence electrons. The van der Waals surface area contributed by atoms with Gasteiger partial charge in [-0.1, -0.05) is 29.8 Å². The van der Waals surface area contributed by atoms with Gasteiger partial charge in [-0.15, -0.1) is 0 Å². The van der Waals surface area contributed by atoms with Crippen molar-refractivity contribution in [3.63, 3.8) is 0 Å². The molecule has 0 bridgehead atoms. The molecule has 30 heavy (non-hydrogen) atoms. The van der Waals surface area contributed by atoms with Gasteiger partial charge < -0.3 is 9.32 Å². The molecular weight excluding hydrogens is 404 g/mol. The van der Waals surface area contributed by atoms with Gasteiger partial charge in [0.05, 0.1) is 29.8 Å². The summed E-state index contributed by atoms with van der Waals surface area (Å²) in [5.41, 5.74) is 2.21. The van der Waals surface area contributed by atoms with Crippen molar-refractivity contribution >= 4 is 39.5 Å². The number of aryl methyl sites for hydroxylation is 1. The van der Waals surface area contributed by atoms with Gasteiger partial charge in [0.25, 0.3) is 0 Å². The van der Waals surface area contributed by atoms with Crippen LogP contribution in [-0.2, 0) is 11.3 Å². The predicted octanol–water partition coefficient (Wildman–Crippen LogP) is 3.85. The van der Waals surface area contributed by atoms with Crippen LogP contribution < -0.4 is 5.76 Å². The Bertz CT molecular complexity index is 1290. The highest BCUT2D eigenvalue weighted by molar-refractivity contribution is 6.31. The fourth-order valence-corrected chi connectivity index (χ4v) is 4.47. The zero-order chi connectivity index (χ0) is 20.7. The van der Waals surface area contributed by atoms with E-state index in [-0.39, 0.29) is 11.9 Å². The van der Waals surface area contributed by atoms with E-state index in [1.165, 1.54) is 0 Å². The van der Waals surface area contributed by atoms with Crippen molar-refractivity contribution < 1.29 is 9.21 Å². The fraction of sp³-hybridized carbons (Fsp3) is 0.318. The first-order valence-corrected chi connectivity index (χ1v) is 10.5. The van der Waals surface area contributed by atoms with Crippen molar-refractivity contribution in [2.45, 2.75) is 31.8 Å². The van der Waals surface area contributed by atoms with Gasteiger partial charge in [0, 0.05) is 29.9 Å². The molecule has 0 spiro atoms. The van der Waals surface area contributed by atoms with E-state index in [4.69, 9.17) is 16.0 Å². The van der Waals surface area contributed by atoms with Crippen LogP contribution in [0.4, 0.5) is 0 Å². The van der Waals surface area contributed by atoms with Crippen molar-refractivity contribution in [2.24, 2.45) is 0 Å². The van der Waals surface area contributed by atoms with Crippen molar-refractivity contribution in [1.82, 2.24) is 19.2 Å². The van der Waals surface area contributed by atoms with Crippen LogP contribution in [-0.4, -0.2) is 38.2 Å². The third-order valence-electron chi connectivity index (χ3n) is 5.78. The first-order chi connectivity index (χ1) is 14.6. The van der Waals surface area contributed by atoms with Crippen molar-refractivity contribution in [3.8, 4) is 0 Å². The van der Waals surface area contributed by atoms with Gasteiger partial charge in [0.1, 0.15) is 0 Å². The molecule has 1 atom stereocenters. The SMILES string of the molecule is O=C(CCn1ncc2ccccc21)N1CCCC(n2c(=O)oc3ccc(Cl)cc32)C1. The number of hydrogen-bond donors (Lipinski definition) is 0. The second-order valence-electron chi connectivity index (χ2n) is 7.66. The van der Waals surface area contributed by atoms with E-state index in [1.54, 1.807) is 22.8 Å². The third kappa shape index (κ3) is 3.39. The van der Waals surface area contributed by atoms with E-state index in [2.05, 4.69) is 5.10 Å². The van der Waals surface area contributed by atoms with Crippen molar-refractivity contribution in [3.05, 3.63) is 64.2 Å². The van der Waals surface area contributed by atoms with E-state index in [0.29, 0.717) is 42.2 Å². The molecule has 1 aliphatic heterocycles. The molecule has 1 fully saturated rings. The van der Waals surface area contributed by atoms with Crippen LogP contribution in [0.15, 0.2) is 57.9 Å². The van der Waals surface area contributed by atoms with Crippen LogP contribution in [0.2, 0.25) is 5.02 Å². The minimum absolute atomic E-state index is 0.0677. The monoisotopic (exact) mass is 424 g/mol. The van der Waals surface area contributed by atoms with E-state index >= 15 is 0 Å². The highest BCUT2D eigenvalue weighted by Crippen LogP contribution is 2.27. The number of amides is 1. The van der Waals surface area contributed by atoms with Gasteiger partial charge >= 0.3 is 5.76 Å². The summed E-state index contributed by atoms with van der Waals surface area (Å²) in [5.74, 6) is -0.340. The van der Waals surface area contributed by atoms with Gasteiger partial charge in [-0.3, -0.25) is 14.0 Å². The number of benzene rings is 2. The molecule has 7 nitrogen and oxygen atoms in total. The average Bonchev–Trinajstić information content (AvgIpc) is 3.32. The summed E-state index contributed by atoms with van der Waals surface area (Å²) in [6.45, 7) is 1.71. The zero-order valence-electron chi connectivity index (χ0n) is 16.3. The smallest absolute Gasteiger partial charge is 0.408 e. The second-order valence-corrected chi connectivity index (χ2v) is 8.10. The van der Waals surface area contributed by atoms with Gasteiger partial charge in [0.2, 0.25) is 5.91 Å². The number of carbonyl (C=O) groups is 1. The first kappa shape index (κ1) is 18.9. The largest absolute Gasteiger partial charge is 0.420 e. The molecule has 3 heterocycles. The number of rotatable bonds is 4. The Morgan fingerprint density at radius 2 is 2.07 bits per heavy atom. The van der Waals surface area contributed by atoms with Crippen LogP contribution in [0.25, 0.3) is 22.0 Å². The average molecular weight is 425 g/mol. The number of likely N-dealkylation sites (tertiary alicyclic amines) is 1. The second kappa shape index (κ2) is 7.65. The van der Waals surface area contributed by atoms with Gasteiger partial charge in [-0.05, 0) is 37.1 Å². The number of carbonyl (C=O) groups excluding carboxylic acids is 1. The van der Waals surface area contributed by atoms with Crippen LogP contribution in [0.5, 0.6) is 0 Å². The van der Waals surface area contributed by atoms with Gasteiger partial charge in [-0.2, -0.15) is 5.10 Å². The van der Waals surface area contributed by atoms with E-state index < -0.39 is 5.76 Å². The minimum atomic E-state index is -0.408. The summed E-state index contributed by atoms with van der Waals surface area (Å²) in [4.78, 5) is 27.2. The lowest BCUT2D eigenvalue weighted by Crippen LogP contribution is -2.42. The Morgan fingerprint density at radius 1 is 1.20 bits per heavy atom. The number of hydrogen-bond acceptors (Lipinski definition) is 4. The normalized spacial score (nSPS) is 17.1. The molecule has 2 aromatic carbocycles. The number of aromatic nitrogens is 3. The summed E-state index contributed by atoms with van der Waals surface area (Å²) in [5, 5.41) is 6.01. The third-order valence-corrected chi connectivity index (χ3v) is 6.01. The lowest BCUT2D eigenvalue weighted by Gasteiger charge is -2.33. The maximum absolute atomic E-state index is 12.9. The molecular formula is C22H21ClN4O3. The maximum atomic E-state index is 12.9. The molecule has 0 aliphatic carbocycles. The number of fused-ring (bicyclic) bond motifs is 2. The van der Waals surface area contributed by atoms with E-state index in [1.807, 2.05) is 40.0 Å². The first-order valence-electron chi connectivity index (χ1n) is 10.1. The molecule has 2 aromatic heterocycles. The quantitative estimate of drug-likeness (QED) is 0.498. The molecule has 0 N–H and O–H groups in total. The van der Waals surface area contributed by atoms with Crippen LogP contribution in [0.1, 0.15) is 25.3 Å². The summed E-state index contributed by atoms with van der Waals surface area (Å²) in [7, 11) is 0. The molecule has 1 aliphatic rings. The Balaban J connectivity index is 1.32. The number of para-hydroxylation sites is 1. The minimum Gasteiger partial charge on any atom is -0.408 e. The molecule has 5 rings (SSSR count). The molecule has 8 heteroatoms. The molecule has 0 saturated carbocycles. The Labute approximate surface area is 177 Å². The number of piperidine rings is 1. The number of nitrogens with zero attached hydrogens (tertiary/aromatic N) is 4. The number of oxazole rings is 1. The predicted molar refractivity (Wildman–Crippen MR) is 115 cm³/mol. The summed E-state index contributed by atoms with van der Waals surface area (Å²) in [6, 6.07) is 13.0. The van der Waals surface area contributed by atoms with Crippen LogP contribution in [0, 0.1) is 0 Å². The lowest BCUT2D eigenvalue weighted by atomic mass is 10.0. The van der Waals surface area contributed by atoms with Crippen molar-refractivity contribution in [2.75, 3.05) is 13.1 Å². The molecule has 1 unspecified atom stereocenters. The zero-order valence-corrected chi connectivity index (χ0v) is 17.1. The highest BCUT2D eigenvalue weighted by Gasteiger charge is 2.27. The Kier molecular flexibility index (Phi) is 4.83. The fourth-order valence-electron chi connectivity index (χ4n) is 4.31. The van der Waals surface area contributed by atoms with E-state index in [0.717, 1.165) is 23.7 Å². The molecule has 1 amide bonds. The summed E-state index contributed by atoms with van der Waals surface area (Å²) >= 11 is 6.12. The van der Waals surface area contributed by atoms with E-state index in [9.17, 15) is 9.59 Å². The maximum Gasteiger partial charge on any atom is 0.420 e. The standard InChI is InChI=1S/C22H21ClN4O3/c23-16-7-8-20-19(12-16)27(22(29)30-20)17-5-3-10-25(14-17)21(28)9-11-26-18-6-2-1-4-15(18)13-24-26/h1-2,4,6-8,12-13,17H,3,5,9-11,14H2. The summed E-state index contributed by atoms with van der Waals surface area (Å²) < 4.78 is 8.88. The molecule has 4 aromatic rings. The topological polar surface area (TPSA) is 73.3 Å². The number of halogens is 1. The van der Waals surface area contributed by atoms with Gasteiger partial charge in [-0.25, -0.2) is 4.79 Å². The lowest BCUT2D eigenvalue weighted by molar-refractivity contribution is -0.133. The van der Waals surface area contributed by atoms with Gasteiger partial charge in [0.15, 0.2) is 5.58 Å². The molecule has 1 saturated heterocycles. The summed E-state index contributed by atoms with van der Waals surface area (Å²) in [6.07, 6.45) is 3.83. The Morgan fingerprint density at radius 3 is 2.97 bits per heavy atom. The highest BCUT2D eigenvalue weighted by atomic mass is 35.5. The Hall–Kier alpha value is -3.06. The molecule has 0 radical (unpaired) electrons. The van der Waals surface area contributed by atoms with Crippen LogP contribution >= 0.6 is 11.6 Å².